The van der Waals surface area contributed by atoms with Gasteiger partial charge in [-0.2, -0.15) is 13.2 Å². The fourth-order valence-electron chi connectivity index (χ4n) is 2.41. The van der Waals surface area contributed by atoms with Gasteiger partial charge in [-0.1, -0.05) is 24.4 Å². The molecule has 154 valence electrons. The van der Waals surface area contributed by atoms with Crippen LogP contribution in [0.2, 0.25) is 5.02 Å². The van der Waals surface area contributed by atoms with Gasteiger partial charge in [0, 0.05) is 18.3 Å². The van der Waals surface area contributed by atoms with Crippen molar-refractivity contribution >= 4 is 30.9 Å². The standard InChI is InChI=1S/C18H15ClF3N2O4P/c1-3-9-23(29(27)4-2)16-11-13(6-7-15(16)24(25)26)28-17-8-5-12(10-14(17)19)18(20,21)22/h1,5-8,10-11,29H,4,9H2,2H3. The molecule has 0 aliphatic rings. The number of nitro groups is 1. The van der Waals surface area contributed by atoms with E-state index in [1.165, 1.54) is 16.8 Å². The highest BCUT2D eigenvalue weighted by Gasteiger charge is 2.31. The van der Waals surface area contributed by atoms with Gasteiger partial charge in [0.25, 0.3) is 5.69 Å². The van der Waals surface area contributed by atoms with Crippen molar-refractivity contribution in [3.05, 3.63) is 57.1 Å². The molecule has 0 heterocycles. The van der Waals surface area contributed by atoms with Crippen LogP contribution < -0.4 is 9.41 Å². The van der Waals surface area contributed by atoms with Gasteiger partial charge in [-0.05, 0) is 24.3 Å². The number of alkyl halides is 3. The minimum absolute atomic E-state index is 0.0146. The molecule has 6 nitrogen and oxygen atoms in total. The third-order valence-corrected chi connectivity index (χ3v) is 5.68. The van der Waals surface area contributed by atoms with E-state index in [-0.39, 0.29) is 40.6 Å². The highest BCUT2D eigenvalue weighted by molar-refractivity contribution is 7.46. The quantitative estimate of drug-likeness (QED) is 0.226. The molecule has 0 saturated heterocycles. The van der Waals surface area contributed by atoms with Gasteiger partial charge >= 0.3 is 6.18 Å². The average Bonchev–Trinajstić information content (AvgIpc) is 2.66. The molecule has 29 heavy (non-hydrogen) atoms. The second-order valence-electron chi connectivity index (χ2n) is 5.69. The van der Waals surface area contributed by atoms with E-state index in [0.29, 0.717) is 6.07 Å². The fourth-order valence-corrected chi connectivity index (χ4v) is 3.73. The summed E-state index contributed by atoms with van der Waals surface area (Å²) in [5.41, 5.74) is -1.29. The number of ether oxygens (including phenoxy) is 1. The van der Waals surface area contributed by atoms with E-state index >= 15 is 0 Å². The minimum Gasteiger partial charge on any atom is -0.456 e. The minimum atomic E-state index is -4.56. The van der Waals surface area contributed by atoms with Crippen LogP contribution in [0.4, 0.5) is 24.5 Å². The van der Waals surface area contributed by atoms with Gasteiger partial charge in [0.2, 0.25) is 0 Å². The van der Waals surface area contributed by atoms with Crippen LogP contribution in [0.1, 0.15) is 12.5 Å². The Morgan fingerprint density at radius 3 is 2.52 bits per heavy atom. The Morgan fingerprint density at radius 1 is 1.31 bits per heavy atom. The van der Waals surface area contributed by atoms with Crippen LogP contribution in [-0.2, 0) is 10.7 Å². The maximum absolute atomic E-state index is 12.8. The summed E-state index contributed by atoms with van der Waals surface area (Å²) in [5.74, 6) is 2.28. The maximum Gasteiger partial charge on any atom is 0.416 e. The first-order valence-corrected chi connectivity index (χ1v) is 10.1. The summed E-state index contributed by atoms with van der Waals surface area (Å²) in [7, 11) is -2.43. The molecule has 1 atom stereocenters. The van der Waals surface area contributed by atoms with Gasteiger partial charge in [-0.3, -0.25) is 10.1 Å². The Balaban J connectivity index is 2.47. The van der Waals surface area contributed by atoms with E-state index in [9.17, 15) is 27.9 Å². The zero-order valence-electron chi connectivity index (χ0n) is 15.0. The van der Waals surface area contributed by atoms with Gasteiger partial charge < -0.3 is 14.0 Å². The summed E-state index contributed by atoms with van der Waals surface area (Å²) in [6, 6.07) is 6.20. The van der Waals surface area contributed by atoms with Crippen LogP contribution in [0, 0.1) is 22.5 Å². The molecule has 11 heteroatoms. The van der Waals surface area contributed by atoms with Crippen molar-refractivity contribution in [2.24, 2.45) is 0 Å². The van der Waals surface area contributed by atoms with Gasteiger partial charge in [0.15, 0.2) is 7.95 Å². The van der Waals surface area contributed by atoms with Crippen LogP contribution in [0.15, 0.2) is 36.4 Å². The lowest BCUT2D eigenvalue weighted by atomic mass is 10.2. The average molecular weight is 447 g/mol. The van der Waals surface area contributed by atoms with Crippen LogP contribution >= 0.6 is 19.6 Å². The molecule has 0 saturated carbocycles. The normalized spacial score (nSPS) is 12.1. The molecule has 0 aliphatic heterocycles. The summed E-state index contributed by atoms with van der Waals surface area (Å²) in [6.07, 6.45) is 0.963. The summed E-state index contributed by atoms with van der Waals surface area (Å²) in [5, 5.41) is 11.1. The lowest BCUT2D eigenvalue weighted by Crippen LogP contribution is -2.16. The third kappa shape index (κ3) is 5.43. The van der Waals surface area contributed by atoms with E-state index in [0.717, 1.165) is 18.2 Å². The van der Waals surface area contributed by atoms with Gasteiger partial charge in [-0.15, -0.1) is 6.42 Å². The highest BCUT2D eigenvalue weighted by atomic mass is 35.5. The summed E-state index contributed by atoms with van der Waals surface area (Å²) in [4.78, 5) is 10.7. The number of hydrogen-bond donors (Lipinski definition) is 0. The summed E-state index contributed by atoms with van der Waals surface area (Å²) >= 11 is 5.88. The highest BCUT2D eigenvalue weighted by Crippen LogP contribution is 2.42. The number of anilines is 1. The van der Waals surface area contributed by atoms with Gasteiger partial charge in [0.05, 0.1) is 22.1 Å². The van der Waals surface area contributed by atoms with Crippen molar-refractivity contribution in [3.8, 4) is 23.8 Å². The number of halogens is 4. The van der Waals surface area contributed by atoms with E-state index < -0.39 is 24.6 Å². The Morgan fingerprint density at radius 2 is 2.00 bits per heavy atom. The molecule has 2 aromatic rings. The van der Waals surface area contributed by atoms with Crippen LogP contribution in [0.25, 0.3) is 0 Å². The lowest BCUT2D eigenvalue weighted by Gasteiger charge is -2.21. The van der Waals surface area contributed by atoms with Crippen molar-refractivity contribution in [1.82, 2.24) is 0 Å². The lowest BCUT2D eigenvalue weighted by molar-refractivity contribution is -0.384. The van der Waals surface area contributed by atoms with Crippen LogP contribution in [0.3, 0.4) is 0 Å². The Hall–Kier alpha value is -2.69. The topological polar surface area (TPSA) is 72.7 Å². The fraction of sp³-hybridized carbons (Fsp3) is 0.222. The second-order valence-corrected chi connectivity index (χ2v) is 8.13. The van der Waals surface area contributed by atoms with E-state index in [2.05, 4.69) is 5.92 Å². The summed E-state index contributed by atoms with van der Waals surface area (Å²) in [6.45, 7) is 1.52. The van der Waals surface area contributed by atoms with E-state index in [1.54, 1.807) is 6.92 Å². The number of terminal acetylenes is 1. The molecule has 0 aromatic heterocycles. The van der Waals surface area contributed by atoms with Crippen LogP contribution in [0.5, 0.6) is 11.5 Å². The number of rotatable bonds is 7. The number of hydrogen-bond acceptors (Lipinski definition) is 4. The van der Waals surface area contributed by atoms with E-state index in [4.69, 9.17) is 22.8 Å². The molecular formula is C18H15ClF3N2O4P. The first-order chi connectivity index (χ1) is 13.6. The zero-order chi connectivity index (χ0) is 21.8. The molecule has 2 rings (SSSR count). The number of nitro benzene ring substituents is 1. The van der Waals surface area contributed by atoms with Crippen molar-refractivity contribution in [1.29, 1.82) is 0 Å². The van der Waals surface area contributed by atoms with Gasteiger partial charge in [0.1, 0.15) is 17.2 Å². The molecule has 0 spiro atoms. The van der Waals surface area contributed by atoms with Crippen molar-refractivity contribution in [2.75, 3.05) is 17.4 Å². The largest absolute Gasteiger partial charge is 0.456 e. The predicted octanol–water partition coefficient (Wildman–Crippen LogP) is 5.99. The molecule has 0 fully saturated rings. The first kappa shape index (κ1) is 22.6. The SMILES string of the molecule is C#CCN(c1cc(Oc2ccc(C(F)(F)F)cc2Cl)ccc1[N+](=O)[O-])[PH](=O)CC. The molecule has 0 aliphatic carbocycles. The molecule has 2 aromatic carbocycles. The molecule has 0 radical (unpaired) electrons. The van der Waals surface area contributed by atoms with Crippen molar-refractivity contribution in [2.45, 2.75) is 13.1 Å². The molecule has 1 unspecified atom stereocenters. The Bertz CT molecular complexity index is 992. The second kappa shape index (κ2) is 9.21. The third-order valence-electron chi connectivity index (χ3n) is 3.77. The Labute approximate surface area is 170 Å². The number of nitrogens with zero attached hydrogens (tertiary/aromatic N) is 2. The molecule has 0 N–H and O–H groups in total. The predicted molar refractivity (Wildman–Crippen MR) is 105 cm³/mol. The molecular weight excluding hydrogens is 432 g/mol. The number of benzene rings is 2. The first-order valence-electron chi connectivity index (χ1n) is 8.15. The molecule has 0 bridgehead atoms. The van der Waals surface area contributed by atoms with Gasteiger partial charge in [-0.25, -0.2) is 0 Å². The summed E-state index contributed by atoms with van der Waals surface area (Å²) < 4.78 is 57.4. The smallest absolute Gasteiger partial charge is 0.416 e. The van der Waals surface area contributed by atoms with Crippen molar-refractivity contribution in [3.63, 3.8) is 0 Å². The maximum atomic E-state index is 12.8. The van der Waals surface area contributed by atoms with E-state index in [1.807, 2.05) is 0 Å². The zero-order valence-corrected chi connectivity index (χ0v) is 16.8. The Kier molecular flexibility index (Phi) is 7.17. The monoisotopic (exact) mass is 446 g/mol. The molecule has 0 amide bonds. The van der Waals surface area contributed by atoms with Crippen molar-refractivity contribution < 1.29 is 27.4 Å². The van der Waals surface area contributed by atoms with Crippen LogP contribution in [-0.4, -0.2) is 17.6 Å².